The number of nitrogens with one attached hydrogen (secondary N) is 3. The van der Waals surface area contributed by atoms with Gasteiger partial charge in [-0.15, -0.1) is 5.10 Å². The summed E-state index contributed by atoms with van der Waals surface area (Å²) in [6.45, 7) is 1.82. The average Bonchev–Trinajstić information content (AvgIpc) is 3.61. The van der Waals surface area contributed by atoms with Gasteiger partial charge < -0.3 is 26.9 Å². The third-order valence-electron chi connectivity index (χ3n) is 5.91. The monoisotopic (exact) mass is 447 g/mol. The molecule has 1 aliphatic rings. The van der Waals surface area contributed by atoms with E-state index in [0.717, 1.165) is 35.2 Å². The molecule has 9 heteroatoms. The maximum absolute atomic E-state index is 12.4. The van der Waals surface area contributed by atoms with Crippen molar-refractivity contribution in [2.45, 2.75) is 38.1 Å². The quantitative estimate of drug-likeness (QED) is 0.252. The van der Waals surface area contributed by atoms with E-state index in [1.165, 1.54) is 6.21 Å². The van der Waals surface area contributed by atoms with Crippen LogP contribution in [0.25, 0.3) is 11.4 Å². The molecule has 1 saturated carbocycles. The number of amides is 1. The number of aliphatic hydroxyl groups excluding tert-OH is 1. The Balaban J connectivity index is 1.55. The van der Waals surface area contributed by atoms with Crippen LogP contribution in [0.4, 0.5) is 17.3 Å². The van der Waals surface area contributed by atoms with Crippen LogP contribution in [0.3, 0.4) is 0 Å². The van der Waals surface area contributed by atoms with Gasteiger partial charge in [0.05, 0.1) is 12.6 Å². The molecule has 2 aromatic carbocycles. The fourth-order valence-corrected chi connectivity index (χ4v) is 3.79. The van der Waals surface area contributed by atoms with Crippen molar-refractivity contribution >= 4 is 29.4 Å². The number of nitrogens with zero attached hydrogens (tertiary/aromatic N) is 3. The molecular weight excluding hydrogens is 418 g/mol. The van der Waals surface area contributed by atoms with Crippen LogP contribution in [-0.4, -0.2) is 44.6 Å². The fourth-order valence-electron chi connectivity index (χ4n) is 3.79. The molecule has 1 aromatic heterocycles. The molecule has 0 saturated heterocycles. The van der Waals surface area contributed by atoms with Gasteiger partial charge in [-0.25, -0.2) is 4.68 Å². The zero-order valence-electron chi connectivity index (χ0n) is 18.8. The van der Waals surface area contributed by atoms with Gasteiger partial charge in [0.1, 0.15) is 0 Å². The number of rotatable bonds is 9. The zero-order chi connectivity index (χ0) is 23.5. The van der Waals surface area contributed by atoms with Crippen LogP contribution in [0, 0.1) is 5.41 Å². The van der Waals surface area contributed by atoms with Crippen molar-refractivity contribution in [3.63, 3.8) is 0 Å². The first kappa shape index (κ1) is 22.5. The fraction of sp³-hybridized carbons (Fsp3) is 0.333. The molecule has 0 spiro atoms. The molecule has 6 N–H and O–H groups in total. The number of aromatic nitrogens is 3. The van der Waals surface area contributed by atoms with Crippen molar-refractivity contribution in [2.24, 2.45) is 7.05 Å². The van der Waals surface area contributed by atoms with Crippen LogP contribution in [0.15, 0.2) is 36.4 Å². The van der Waals surface area contributed by atoms with Crippen molar-refractivity contribution in [3.05, 3.63) is 53.1 Å². The molecule has 1 fully saturated rings. The van der Waals surface area contributed by atoms with E-state index in [1.54, 1.807) is 35.0 Å². The van der Waals surface area contributed by atoms with Gasteiger partial charge in [-0.2, -0.15) is 4.98 Å². The first-order valence-corrected chi connectivity index (χ1v) is 11.1. The molecule has 1 atom stereocenters. The molecule has 1 unspecified atom stereocenters. The number of carbonyl (C=O) groups is 1. The van der Waals surface area contributed by atoms with Crippen LogP contribution in [0.2, 0.25) is 0 Å². The minimum Gasteiger partial charge on any atom is -0.398 e. The number of nitrogen functional groups attached to an aromatic ring is 1. The first-order valence-electron chi connectivity index (χ1n) is 11.1. The van der Waals surface area contributed by atoms with Gasteiger partial charge in [0, 0.05) is 41.3 Å². The molecule has 3 aromatic rings. The van der Waals surface area contributed by atoms with E-state index < -0.39 is 0 Å². The number of nitrogens with two attached hydrogens (primary N) is 1. The number of aliphatic hydroxyl groups is 1. The number of anilines is 3. The third-order valence-corrected chi connectivity index (χ3v) is 5.91. The second-order valence-corrected chi connectivity index (χ2v) is 8.29. The Morgan fingerprint density at radius 1 is 1.30 bits per heavy atom. The molecule has 1 amide bonds. The summed E-state index contributed by atoms with van der Waals surface area (Å²) in [4.78, 5) is 17.0. The SMILES string of the molecule is CCC(CO)NC(=O)c1ccc(-c2nc(Nc3ccc(N)c(C=N)c3C3CC3)n(C)n2)cc1. The molecule has 0 bridgehead atoms. The lowest BCUT2D eigenvalue weighted by atomic mass is 10.00. The van der Waals surface area contributed by atoms with Crippen LogP contribution < -0.4 is 16.4 Å². The van der Waals surface area contributed by atoms with E-state index in [4.69, 9.17) is 11.1 Å². The van der Waals surface area contributed by atoms with Crippen molar-refractivity contribution < 1.29 is 9.90 Å². The van der Waals surface area contributed by atoms with E-state index >= 15 is 0 Å². The van der Waals surface area contributed by atoms with Crippen molar-refractivity contribution in [1.82, 2.24) is 20.1 Å². The Labute approximate surface area is 192 Å². The van der Waals surface area contributed by atoms with Crippen LogP contribution >= 0.6 is 0 Å². The zero-order valence-corrected chi connectivity index (χ0v) is 18.8. The summed E-state index contributed by atoms with van der Waals surface area (Å²) in [5, 5.41) is 27.8. The minimum atomic E-state index is -0.259. The van der Waals surface area contributed by atoms with Gasteiger partial charge in [0.25, 0.3) is 5.91 Å². The van der Waals surface area contributed by atoms with E-state index in [0.29, 0.717) is 35.4 Å². The van der Waals surface area contributed by atoms with Gasteiger partial charge >= 0.3 is 0 Å². The number of aryl methyl sites for hydroxylation is 1. The highest BCUT2D eigenvalue weighted by atomic mass is 16.3. The number of hydrogen-bond donors (Lipinski definition) is 5. The highest BCUT2D eigenvalue weighted by Gasteiger charge is 2.29. The van der Waals surface area contributed by atoms with E-state index in [-0.39, 0.29) is 18.6 Å². The molecule has 172 valence electrons. The highest BCUT2D eigenvalue weighted by Crippen LogP contribution is 2.46. The van der Waals surface area contributed by atoms with Crippen molar-refractivity contribution in [2.75, 3.05) is 17.7 Å². The Morgan fingerprint density at radius 3 is 2.64 bits per heavy atom. The van der Waals surface area contributed by atoms with Gasteiger partial charge in [-0.3, -0.25) is 4.79 Å². The Hall–Kier alpha value is -3.72. The summed E-state index contributed by atoms with van der Waals surface area (Å²) < 4.78 is 1.67. The smallest absolute Gasteiger partial charge is 0.251 e. The first-order chi connectivity index (χ1) is 15.9. The summed E-state index contributed by atoms with van der Waals surface area (Å²) in [7, 11) is 1.81. The minimum absolute atomic E-state index is 0.0915. The van der Waals surface area contributed by atoms with Crippen molar-refractivity contribution in [3.8, 4) is 11.4 Å². The van der Waals surface area contributed by atoms with Crippen LogP contribution in [-0.2, 0) is 7.05 Å². The lowest BCUT2D eigenvalue weighted by Gasteiger charge is -2.15. The van der Waals surface area contributed by atoms with E-state index in [1.807, 2.05) is 20.0 Å². The standard InChI is InChI=1S/C24H29N7O2/c1-3-17(13-32)27-23(33)16-8-6-15(7-9-16)22-29-24(31(2)30-22)28-20-11-10-19(26)18(12-25)21(20)14-4-5-14/h6-12,14,17,25,32H,3-5,13,26H2,1-2H3,(H,27,33)(H,28,29,30). The van der Waals surface area contributed by atoms with Gasteiger partial charge in [0.2, 0.25) is 5.95 Å². The molecular formula is C24H29N7O2. The van der Waals surface area contributed by atoms with Gasteiger partial charge in [-0.1, -0.05) is 19.1 Å². The normalized spacial score (nSPS) is 14.0. The second kappa shape index (κ2) is 9.41. The summed E-state index contributed by atoms with van der Waals surface area (Å²) in [5.41, 5.74) is 10.7. The molecule has 1 aliphatic carbocycles. The molecule has 9 nitrogen and oxygen atoms in total. The maximum atomic E-state index is 12.4. The number of hydrogen-bond acceptors (Lipinski definition) is 7. The van der Waals surface area contributed by atoms with Gasteiger partial charge in [0.15, 0.2) is 5.82 Å². The number of carbonyl (C=O) groups excluding carboxylic acids is 1. The lowest BCUT2D eigenvalue weighted by molar-refractivity contribution is 0.0915. The average molecular weight is 448 g/mol. The van der Waals surface area contributed by atoms with Crippen molar-refractivity contribution in [1.29, 1.82) is 5.41 Å². The van der Waals surface area contributed by atoms with E-state index in [2.05, 4.69) is 20.7 Å². The largest absolute Gasteiger partial charge is 0.398 e. The molecule has 1 heterocycles. The van der Waals surface area contributed by atoms with Crippen LogP contribution in [0.5, 0.6) is 0 Å². The van der Waals surface area contributed by atoms with Gasteiger partial charge in [-0.05, 0) is 55.0 Å². The summed E-state index contributed by atoms with van der Waals surface area (Å²) >= 11 is 0. The Kier molecular flexibility index (Phi) is 6.41. The summed E-state index contributed by atoms with van der Waals surface area (Å²) in [6.07, 6.45) is 4.14. The van der Waals surface area contributed by atoms with Crippen LogP contribution in [0.1, 0.15) is 53.6 Å². The van der Waals surface area contributed by atoms with E-state index in [9.17, 15) is 9.90 Å². The maximum Gasteiger partial charge on any atom is 0.251 e. The predicted octanol–water partition coefficient (Wildman–Crippen LogP) is 3.18. The summed E-state index contributed by atoms with van der Waals surface area (Å²) in [6, 6.07) is 10.5. The third kappa shape index (κ3) is 4.73. The second-order valence-electron chi connectivity index (χ2n) is 8.29. The Morgan fingerprint density at radius 2 is 2.03 bits per heavy atom. The Bertz CT molecular complexity index is 1160. The number of benzene rings is 2. The topological polar surface area (TPSA) is 142 Å². The summed E-state index contributed by atoms with van der Waals surface area (Å²) in [5.74, 6) is 1.28. The molecule has 0 aliphatic heterocycles. The molecule has 0 radical (unpaired) electrons. The lowest BCUT2D eigenvalue weighted by Crippen LogP contribution is -2.36. The predicted molar refractivity (Wildman–Crippen MR) is 129 cm³/mol. The molecule has 4 rings (SSSR count). The molecule has 33 heavy (non-hydrogen) atoms. The highest BCUT2D eigenvalue weighted by molar-refractivity contribution is 5.95.